The van der Waals surface area contributed by atoms with Crippen LogP contribution in [-0.4, -0.2) is 30.3 Å². The zero-order chi connectivity index (χ0) is 26.0. The Balaban J connectivity index is 1.39. The quantitative estimate of drug-likeness (QED) is 0.133. The number of fused-ring (bicyclic) bond motifs is 2. The first kappa shape index (κ1) is 25.5. The van der Waals surface area contributed by atoms with Gasteiger partial charge in [0.2, 0.25) is 0 Å². The van der Waals surface area contributed by atoms with E-state index in [1.807, 2.05) is 30.3 Å². The van der Waals surface area contributed by atoms with Gasteiger partial charge in [0, 0.05) is 18.0 Å². The number of carboxylic acids is 1. The highest BCUT2D eigenvalue weighted by molar-refractivity contribution is 14.1. The van der Waals surface area contributed by atoms with Gasteiger partial charge in [-0.25, -0.2) is 9.18 Å². The lowest BCUT2D eigenvalue weighted by molar-refractivity contribution is -0.139. The first-order valence-corrected chi connectivity index (χ1v) is 13.2. The monoisotopic (exact) mass is 611 g/mol. The Morgan fingerprint density at radius 3 is 2.70 bits per heavy atom. The van der Waals surface area contributed by atoms with E-state index < -0.39 is 18.4 Å². The third kappa shape index (κ3) is 5.57. The minimum absolute atomic E-state index is 0.0532. The first-order valence-electron chi connectivity index (χ1n) is 12.1. The van der Waals surface area contributed by atoms with E-state index in [-0.39, 0.29) is 21.3 Å². The van der Waals surface area contributed by atoms with Crippen LogP contribution in [0.5, 0.6) is 11.5 Å². The van der Waals surface area contributed by atoms with Gasteiger partial charge in [0.1, 0.15) is 11.9 Å². The van der Waals surface area contributed by atoms with Crippen molar-refractivity contribution in [3.8, 4) is 11.5 Å². The van der Waals surface area contributed by atoms with Gasteiger partial charge >= 0.3 is 5.97 Å². The number of alkyl halides is 1. The molecule has 37 heavy (non-hydrogen) atoms. The molecule has 0 saturated heterocycles. The number of carbonyl (C=O) groups is 1. The molecule has 1 aliphatic heterocycles. The van der Waals surface area contributed by atoms with Gasteiger partial charge in [-0.3, -0.25) is 5.32 Å². The minimum atomic E-state index is -1.15. The molecule has 0 fully saturated rings. The van der Waals surface area contributed by atoms with Gasteiger partial charge in [-0.15, -0.1) is 0 Å². The molecule has 2 N–H and O–H groups in total. The number of benzene rings is 4. The summed E-state index contributed by atoms with van der Waals surface area (Å²) in [7, 11) is 0. The van der Waals surface area contributed by atoms with Crippen LogP contribution in [-0.2, 0) is 8.34 Å². The predicted octanol–water partition coefficient (Wildman–Crippen LogP) is 6.62. The summed E-state index contributed by atoms with van der Waals surface area (Å²) in [5.41, 5.74) is 3.08. The van der Waals surface area contributed by atoms with E-state index in [0.717, 1.165) is 16.9 Å². The lowest BCUT2D eigenvalue weighted by Gasteiger charge is -2.35. The lowest BCUT2D eigenvalue weighted by atomic mass is 9.84. The number of ether oxygens (including phenoxy) is 2. The summed E-state index contributed by atoms with van der Waals surface area (Å²) in [6, 6.07) is 27.3. The van der Waals surface area contributed by atoms with E-state index in [1.165, 1.54) is 22.4 Å². The largest absolute Gasteiger partial charge is 0.489 e. The lowest BCUT2D eigenvalue weighted by Crippen LogP contribution is -2.42. The van der Waals surface area contributed by atoms with Crippen molar-refractivity contribution >= 4 is 39.3 Å². The SMILES string of the molecule is CC(I)(NC[C@H]1C[C@@H](c2ccc(F)c(OCC(=O)O)c2)c2ccccc2O1)c1cccc2ccccc12. The summed E-state index contributed by atoms with van der Waals surface area (Å²) in [6.45, 7) is 2.17. The molecule has 0 aromatic heterocycles. The Kier molecular flexibility index (Phi) is 7.35. The fourth-order valence-electron chi connectivity index (χ4n) is 4.96. The maximum atomic E-state index is 14.3. The van der Waals surface area contributed by atoms with Gasteiger partial charge in [-0.05, 0) is 53.4 Å². The fraction of sp³-hybridized carbons (Fsp3) is 0.233. The van der Waals surface area contributed by atoms with Gasteiger partial charge in [-0.1, -0.05) is 89.3 Å². The number of para-hydroxylation sites is 1. The average Bonchev–Trinajstić information content (AvgIpc) is 2.90. The second-order valence-electron chi connectivity index (χ2n) is 9.35. The molecule has 5 rings (SSSR count). The second kappa shape index (κ2) is 10.7. The Morgan fingerprint density at radius 1 is 1.11 bits per heavy atom. The van der Waals surface area contributed by atoms with Crippen LogP contribution in [0.15, 0.2) is 84.9 Å². The average molecular weight is 611 g/mol. The van der Waals surface area contributed by atoms with Crippen molar-refractivity contribution in [1.29, 1.82) is 0 Å². The van der Waals surface area contributed by atoms with Crippen LogP contribution in [0.3, 0.4) is 0 Å². The van der Waals surface area contributed by atoms with Crippen molar-refractivity contribution in [3.05, 3.63) is 107 Å². The fourth-order valence-corrected chi connectivity index (χ4v) is 5.65. The van der Waals surface area contributed by atoms with Crippen LogP contribution in [0.25, 0.3) is 10.8 Å². The molecule has 1 heterocycles. The number of hydrogen-bond donors (Lipinski definition) is 2. The summed E-state index contributed by atoms with van der Waals surface area (Å²) in [5, 5.41) is 15.1. The van der Waals surface area contributed by atoms with Gasteiger partial charge < -0.3 is 14.6 Å². The summed E-state index contributed by atoms with van der Waals surface area (Å²) in [5.74, 6) is -1.06. The Morgan fingerprint density at radius 2 is 1.86 bits per heavy atom. The maximum absolute atomic E-state index is 14.3. The Labute approximate surface area is 228 Å². The molecular formula is C30H27FINO4. The van der Waals surface area contributed by atoms with Crippen molar-refractivity contribution in [2.75, 3.05) is 13.2 Å². The van der Waals surface area contributed by atoms with Crippen molar-refractivity contribution < 1.29 is 23.8 Å². The van der Waals surface area contributed by atoms with Gasteiger partial charge in [0.15, 0.2) is 18.2 Å². The molecule has 1 unspecified atom stereocenters. The van der Waals surface area contributed by atoms with Gasteiger partial charge in [-0.2, -0.15) is 0 Å². The molecule has 0 saturated carbocycles. The van der Waals surface area contributed by atoms with E-state index >= 15 is 0 Å². The van der Waals surface area contributed by atoms with E-state index in [2.05, 4.69) is 71.2 Å². The number of hydrogen-bond acceptors (Lipinski definition) is 4. The summed E-state index contributed by atoms with van der Waals surface area (Å²) < 4.78 is 25.6. The molecule has 1 aliphatic rings. The Hall–Kier alpha value is -3.17. The molecule has 3 atom stereocenters. The van der Waals surface area contributed by atoms with Gasteiger partial charge in [0.25, 0.3) is 0 Å². The number of aliphatic carboxylic acids is 1. The molecule has 4 aromatic rings. The second-order valence-corrected chi connectivity index (χ2v) is 11.5. The topological polar surface area (TPSA) is 67.8 Å². The van der Waals surface area contributed by atoms with Crippen LogP contribution in [0.2, 0.25) is 0 Å². The molecule has 5 nitrogen and oxygen atoms in total. The smallest absolute Gasteiger partial charge is 0.341 e. The summed E-state index contributed by atoms with van der Waals surface area (Å²) in [4.78, 5) is 10.9. The standard InChI is InChI=1S/C30H27FINO4/c1-30(32,25-11-6-8-19-7-2-3-9-22(19)25)33-17-21-16-24(23-10-4-5-12-27(23)37-21)20-13-14-26(31)28(15-20)36-18-29(34)35/h2-15,21,24,33H,16-18H2,1H3,(H,34,35)/t21-,24+,30?/m1/s1. The molecule has 0 amide bonds. The molecule has 0 bridgehead atoms. The van der Waals surface area contributed by atoms with Crippen molar-refractivity contribution in [2.45, 2.75) is 28.9 Å². The zero-order valence-electron chi connectivity index (χ0n) is 20.3. The predicted molar refractivity (Wildman–Crippen MR) is 150 cm³/mol. The first-order chi connectivity index (χ1) is 17.8. The minimum Gasteiger partial charge on any atom is -0.489 e. The van der Waals surface area contributed by atoms with Gasteiger partial charge in [0.05, 0.1) is 3.55 Å². The van der Waals surface area contributed by atoms with E-state index in [0.29, 0.717) is 13.0 Å². The molecule has 0 radical (unpaired) electrons. The van der Waals surface area contributed by atoms with E-state index in [4.69, 9.17) is 14.6 Å². The third-order valence-electron chi connectivity index (χ3n) is 6.75. The number of rotatable bonds is 8. The van der Waals surface area contributed by atoms with Crippen LogP contribution >= 0.6 is 22.6 Å². The maximum Gasteiger partial charge on any atom is 0.341 e. The molecule has 0 spiro atoms. The Bertz CT molecular complexity index is 1440. The van der Waals surface area contributed by atoms with Crippen molar-refractivity contribution in [3.63, 3.8) is 0 Å². The molecule has 7 heteroatoms. The van der Waals surface area contributed by atoms with Crippen molar-refractivity contribution in [2.24, 2.45) is 0 Å². The highest BCUT2D eigenvalue weighted by Gasteiger charge is 2.32. The molecular weight excluding hydrogens is 584 g/mol. The van der Waals surface area contributed by atoms with Crippen LogP contribution in [0, 0.1) is 5.82 Å². The highest BCUT2D eigenvalue weighted by atomic mass is 127. The van der Waals surface area contributed by atoms with E-state index in [9.17, 15) is 9.18 Å². The number of halogens is 2. The number of carboxylic acid groups (broad SMARTS) is 1. The number of nitrogens with one attached hydrogen (secondary N) is 1. The van der Waals surface area contributed by atoms with E-state index in [1.54, 1.807) is 12.1 Å². The zero-order valence-corrected chi connectivity index (χ0v) is 22.4. The highest BCUT2D eigenvalue weighted by Crippen LogP contribution is 2.42. The molecule has 0 aliphatic carbocycles. The molecule has 4 aromatic carbocycles. The summed E-state index contributed by atoms with van der Waals surface area (Å²) in [6.07, 6.45) is 0.549. The van der Waals surface area contributed by atoms with Crippen LogP contribution in [0.4, 0.5) is 4.39 Å². The third-order valence-corrected chi connectivity index (χ3v) is 7.72. The molecule has 190 valence electrons. The van der Waals surface area contributed by atoms with Crippen LogP contribution in [0.1, 0.15) is 36.0 Å². The normalized spacial score (nSPS) is 18.5. The van der Waals surface area contributed by atoms with Crippen LogP contribution < -0.4 is 14.8 Å². The summed E-state index contributed by atoms with van der Waals surface area (Å²) >= 11 is 2.45. The van der Waals surface area contributed by atoms with Crippen molar-refractivity contribution in [1.82, 2.24) is 5.32 Å².